The standard InChI is InChI=1S/C21H22N2O4/c1-13-4-6-17(14(2)10-13)22-20(25)8-9-23-18-11-16(15(3)24)5-7-19(18)27-12-21(23)26/h4-7,10-11H,8-9,12H2,1-3H3,(H,22,25). The number of carbonyl (C=O) groups excluding carboxylic acids is 3. The van der Waals surface area contributed by atoms with E-state index >= 15 is 0 Å². The lowest BCUT2D eigenvalue weighted by molar-refractivity contribution is -0.121. The Kier molecular flexibility index (Phi) is 5.26. The fraction of sp³-hybridized carbons (Fsp3) is 0.286. The Hall–Kier alpha value is -3.15. The summed E-state index contributed by atoms with van der Waals surface area (Å²) in [5.41, 5.74) is 3.90. The number of ketones is 1. The molecule has 0 saturated heterocycles. The predicted octanol–water partition coefficient (Wildman–Crippen LogP) is 3.26. The maximum atomic E-state index is 12.4. The second-order valence-electron chi connectivity index (χ2n) is 6.69. The van der Waals surface area contributed by atoms with Crippen LogP contribution in [-0.4, -0.2) is 30.7 Å². The molecule has 2 aromatic rings. The summed E-state index contributed by atoms with van der Waals surface area (Å²) in [4.78, 5) is 37.8. The number of benzene rings is 2. The van der Waals surface area contributed by atoms with Gasteiger partial charge in [0.1, 0.15) is 5.75 Å². The molecule has 6 nitrogen and oxygen atoms in total. The van der Waals surface area contributed by atoms with Crippen LogP contribution in [0.15, 0.2) is 36.4 Å². The third kappa shape index (κ3) is 4.16. The smallest absolute Gasteiger partial charge is 0.265 e. The third-order valence-electron chi connectivity index (χ3n) is 4.53. The lowest BCUT2D eigenvalue weighted by Crippen LogP contribution is -2.40. The first-order valence-corrected chi connectivity index (χ1v) is 8.80. The van der Waals surface area contributed by atoms with E-state index in [1.54, 1.807) is 18.2 Å². The van der Waals surface area contributed by atoms with Crippen molar-refractivity contribution in [1.82, 2.24) is 0 Å². The molecule has 27 heavy (non-hydrogen) atoms. The molecule has 0 bridgehead atoms. The van der Waals surface area contributed by atoms with Crippen LogP contribution in [0.2, 0.25) is 0 Å². The molecule has 140 valence electrons. The van der Waals surface area contributed by atoms with Gasteiger partial charge >= 0.3 is 0 Å². The first-order valence-electron chi connectivity index (χ1n) is 8.80. The molecule has 0 unspecified atom stereocenters. The molecular formula is C21H22N2O4. The Balaban J connectivity index is 1.72. The summed E-state index contributed by atoms with van der Waals surface area (Å²) < 4.78 is 5.43. The number of Topliss-reactive ketones (excluding diaryl/α,β-unsaturated/α-hetero) is 1. The highest BCUT2D eigenvalue weighted by molar-refractivity contribution is 6.02. The average molecular weight is 366 g/mol. The molecule has 2 amide bonds. The molecule has 0 aliphatic carbocycles. The number of hydrogen-bond acceptors (Lipinski definition) is 4. The molecule has 0 fully saturated rings. The molecule has 1 aliphatic rings. The molecular weight excluding hydrogens is 344 g/mol. The molecule has 1 heterocycles. The van der Waals surface area contributed by atoms with Crippen molar-refractivity contribution < 1.29 is 19.1 Å². The van der Waals surface area contributed by atoms with Gasteiger partial charge in [0.05, 0.1) is 5.69 Å². The van der Waals surface area contributed by atoms with Gasteiger partial charge < -0.3 is 15.0 Å². The van der Waals surface area contributed by atoms with Crippen LogP contribution in [-0.2, 0) is 9.59 Å². The first kappa shape index (κ1) is 18.6. The minimum atomic E-state index is -0.234. The highest BCUT2D eigenvalue weighted by atomic mass is 16.5. The molecule has 2 aromatic carbocycles. The minimum absolute atomic E-state index is 0.0783. The highest BCUT2D eigenvalue weighted by Gasteiger charge is 2.26. The fourth-order valence-corrected chi connectivity index (χ4v) is 3.05. The summed E-state index contributed by atoms with van der Waals surface area (Å²) in [5.74, 6) is 0.0331. The number of anilines is 2. The number of hydrogen-bond donors (Lipinski definition) is 1. The third-order valence-corrected chi connectivity index (χ3v) is 4.53. The van der Waals surface area contributed by atoms with Gasteiger partial charge in [0.25, 0.3) is 5.91 Å². The number of nitrogens with one attached hydrogen (secondary N) is 1. The average Bonchev–Trinajstić information content (AvgIpc) is 2.62. The van der Waals surface area contributed by atoms with Crippen LogP contribution < -0.4 is 15.0 Å². The van der Waals surface area contributed by atoms with Crippen molar-refractivity contribution in [3.8, 4) is 5.75 Å². The van der Waals surface area contributed by atoms with Gasteiger partial charge in [0.2, 0.25) is 5.91 Å². The number of amides is 2. The summed E-state index contributed by atoms with van der Waals surface area (Å²) >= 11 is 0. The van der Waals surface area contributed by atoms with Gasteiger partial charge in [0.15, 0.2) is 12.4 Å². The molecule has 3 rings (SSSR count). The van der Waals surface area contributed by atoms with Gasteiger partial charge in [-0.05, 0) is 50.6 Å². The lowest BCUT2D eigenvalue weighted by Gasteiger charge is -2.29. The quantitative estimate of drug-likeness (QED) is 0.824. The Morgan fingerprint density at radius 2 is 1.93 bits per heavy atom. The second kappa shape index (κ2) is 7.61. The molecule has 0 saturated carbocycles. The molecule has 0 radical (unpaired) electrons. The largest absolute Gasteiger partial charge is 0.482 e. The Bertz CT molecular complexity index is 920. The summed E-state index contributed by atoms with van der Waals surface area (Å²) in [6, 6.07) is 10.8. The van der Waals surface area contributed by atoms with Crippen LogP contribution in [0.3, 0.4) is 0 Å². The van der Waals surface area contributed by atoms with E-state index in [1.807, 2.05) is 32.0 Å². The van der Waals surface area contributed by atoms with E-state index < -0.39 is 0 Å². The van der Waals surface area contributed by atoms with E-state index in [9.17, 15) is 14.4 Å². The van der Waals surface area contributed by atoms with E-state index in [2.05, 4.69) is 5.32 Å². The zero-order valence-corrected chi connectivity index (χ0v) is 15.7. The topological polar surface area (TPSA) is 75.7 Å². The molecule has 0 atom stereocenters. The molecule has 1 N–H and O–H groups in total. The van der Waals surface area contributed by atoms with Crippen molar-refractivity contribution in [1.29, 1.82) is 0 Å². The SMILES string of the molecule is CC(=O)c1ccc2c(c1)N(CCC(=O)Nc1ccc(C)cc1C)C(=O)CO2. The van der Waals surface area contributed by atoms with Crippen LogP contribution in [0, 0.1) is 13.8 Å². The maximum absolute atomic E-state index is 12.4. The Labute approximate surface area is 158 Å². The van der Waals surface area contributed by atoms with Gasteiger partial charge in [-0.1, -0.05) is 17.7 Å². The lowest BCUT2D eigenvalue weighted by atomic mass is 10.1. The highest BCUT2D eigenvalue weighted by Crippen LogP contribution is 2.33. The van der Waals surface area contributed by atoms with Crippen LogP contribution in [0.1, 0.15) is 34.8 Å². The van der Waals surface area contributed by atoms with Crippen LogP contribution in [0.25, 0.3) is 0 Å². The van der Waals surface area contributed by atoms with Crippen molar-refractivity contribution in [2.24, 2.45) is 0 Å². The van der Waals surface area contributed by atoms with Crippen molar-refractivity contribution in [3.05, 3.63) is 53.1 Å². The molecule has 0 spiro atoms. The normalized spacial score (nSPS) is 13.0. The number of carbonyl (C=O) groups is 3. The second-order valence-corrected chi connectivity index (χ2v) is 6.69. The van der Waals surface area contributed by atoms with Crippen LogP contribution in [0.4, 0.5) is 11.4 Å². The Morgan fingerprint density at radius 1 is 1.15 bits per heavy atom. The Morgan fingerprint density at radius 3 is 2.63 bits per heavy atom. The maximum Gasteiger partial charge on any atom is 0.265 e. The first-order chi connectivity index (χ1) is 12.8. The number of ether oxygens (including phenoxy) is 1. The van der Waals surface area contributed by atoms with Gasteiger partial charge in [-0.25, -0.2) is 0 Å². The van der Waals surface area contributed by atoms with Crippen molar-refractivity contribution in [2.45, 2.75) is 27.2 Å². The zero-order valence-electron chi connectivity index (χ0n) is 15.7. The minimum Gasteiger partial charge on any atom is -0.482 e. The van der Waals surface area contributed by atoms with E-state index in [0.717, 1.165) is 16.8 Å². The van der Waals surface area contributed by atoms with Crippen molar-refractivity contribution >= 4 is 29.0 Å². The number of fused-ring (bicyclic) bond motifs is 1. The summed E-state index contributed by atoms with van der Waals surface area (Å²) in [5, 5.41) is 2.88. The van der Waals surface area contributed by atoms with E-state index in [1.165, 1.54) is 11.8 Å². The van der Waals surface area contributed by atoms with E-state index in [4.69, 9.17) is 4.74 Å². The summed E-state index contributed by atoms with van der Waals surface area (Å²) in [7, 11) is 0. The molecule has 1 aliphatic heterocycles. The van der Waals surface area contributed by atoms with Crippen LogP contribution in [0.5, 0.6) is 5.75 Å². The number of aryl methyl sites for hydroxylation is 2. The fourth-order valence-electron chi connectivity index (χ4n) is 3.05. The van der Waals surface area contributed by atoms with E-state index in [-0.39, 0.29) is 37.2 Å². The molecule has 0 aromatic heterocycles. The van der Waals surface area contributed by atoms with Gasteiger partial charge in [-0.2, -0.15) is 0 Å². The summed E-state index contributed by atoms with van der Waals surface area (Å²) in [6.45, 7) is 5.54. The van der Waals surface area contributed by atoms with E-state index in [0.29, 0.717) is 17.0 Å². The number of rotatable bonds is 5. The van der Waals surface area contributed by atoms with Gasteiger partial charge in [-0.15, -0.1) is 0 Å². The zero-order chi connectivity index (χ0) is 19.6. The van der Waals surface area contributed by atoms with Crippen molar-refractivity contribution in [3.63, 3.8) is 0 Å². The van der Waals surface area contributed by atoms with Crippen molar-refractivity contribution in [2.75, 3.05) is 23.4 Å². The monoisotopic (exact) mass is 366 g/mol. The predicted molar refractivity (Wildman–Crippen MR) is 103 cm³/mol. The molecule has 6 heteroatoms. The van der Waals surface area contributed by atoms with Gasteiger partial charge in [-0.3, -0.25) is 14.4 Å². The number of nitrogens with zero attached hydrogens (tertiary/aromatic N) is 1. The van der Waals surface area contributed by atoms with Gasteiger partial charge in [0, 0.05) is 24.2 Å². The summed E-state index contributed by atoms with van der Waals surface area (Å²) in [6.07, 6.45) is 0.142. The van der Waals surface area contributed by atoms with Crippen LogP contribution >= 0.6 is 0 Å².